The summed E-state index contributed by atoms with van der Waals surface area (Å²) in [5, 5.41) is 7.84. The zero-order valence-corrected chi connectivity index (χ0v) is 22.2. The van der Waals surface area contributed by atoms with Gasteiger partial charge < -0.3 is 32.8 Å². The summed E-state index contributed by atoms with van der Waals surface area (Å²) in [6.07, 6.45) is 2.73. The van der Waals surface area contributed by atoms with Crippen molar-refractivity contribution in [3.63, 3.8) is 0 Å². The van der Waals surface area contributed by atoms with E-state index < -0.39 is 11.8 Å². The first-order valence-electron chi connectivity index (χ1n) is 11.3. The fraction of sp³-hybridized carbons (Fsp3) is 0.231. The van der Waals surface area contributed by atoms with Crippen LogP contribution < -0.4 is 39.3 Å². The van der Waals surface area contributed by atoms with Gasteiger partial charge in [0.1, 0.15) is 0 Å². The molecular formula is C26H28N4O9. The molecule has 0 unspecified atom stereocenters. The minimum absolute atomic E-state index is 0.137. The van der Waals surface area contributed by atoms with Crippen molar-refractivity contribution in [2.24, 2.45) is 10.2 Å². The van der Waals surface area contributed by atoms with Crippen LogP contribution in [0.15, 0.2) is 51.0 Å². The van der Waals surface area contributed by atoms with Crippen LogP contribution in [0.4, 0.5) is 0 Å². The van der Waals surface area contributed by atoms with E-state index in [1.807, 2.05) is 0 Å². The van der Waals surface area contributed by atoms with Crippen LogP contribution in [-0.2, 0) is 0 Å². The van der Waals surface area contributed by atoms with Crippen LogP contribution in [0.2, 0.25) is 0 Å². The third-order valence-corrected chi connectivity index (χ3v) is 5.26. The van der Waals surface area contributed by atoms with E-state index in [2.05, 4.69) is 21.1 Å². The molecule has 2 N–H and O–H groups in total. The van der Waals surface area contributed by atoms with Crippen LogP contribution in [0.1, 0.15) is 32.2 Å². The van der Waals surface area contributed by atoms with Gasteiger partial charge in [0.05, 0.1) is 55.1 Å². The molecule has 0 aliphatic carbocycles. The second-order valence-electron chi connectivity index (χ2n) is 7.41. The number of hydrogen-bond donors (Lipinski definition) is 2. The number of benzene rings is 2. The summed E-state index contributed by atoms with van der Waals surface area (Å²) < 4.78 is 37.2. The molecule has 0 saturated carbocycles. The number of carbonyl (C=O) groups excluding carboxylic acids is 2. The number of hydrogen-bond acceptors (Lipinski definition) is 11. The van der Waals surface area contributed by atoms with Gasteiger partial charge >= 0.3 is 11.8 Å². The van der Waals surface area contributed by atoms with Crippen molar-refractivity contribution in [2.45, 2.75) is 0 Å². The minimum atomic E-state index is -0.677. The highest BCUT2D eigenvalue weighted by atomic mass is 16.5. The summed E-state index contributed by atoms with van der Waals surface area (Å²) in [5.74, 6) is 0.827. The molecule has 206 valence electrons. The van der Waals surface area contributed by atoms with Gasteiger partial charge in [-0.25, -0.2) is 10.9 Å². The molecule has 13 nitrogen and oxygen atoms in total. The zero-order chi connectivity index (χ0) is 28.4. The number of nitrogens with one attached hydrogen (secondary N) is 2. The minimum Gasteiger partial charge on any atom is -0.493 e. The van der Waals surface area contributed by atoms with Crippen molar-refractivity contribution in [2.75, 3.05) is 42.7 Å². The molecule has 1 aromatic heterocycles. The molecule has 1 heterocycles. The standard InChI is InChI=1S/C26H28N4O9/c1-33-17-9-7-15(21(35-3)23(17)37-5)13-27-29-25(31)19-11-12-20(39-19)26(32)30-28-14-16-8-10-18(34-2)24(38-6)22(16)36-4/h7-14H,1-6H3,(H,29,31)(H,30,32)/b27-13+,28-14+. The van der Waals surface area contributed by atoms with Crippen molar-refractivity contribution in [3.8, 4) is 34.5 Å². The smallest absolute Gasteiger partial charge is 0.307 e. The van der Waals surface area contributed by atoms with E-state index in [1.54, 1.807) is 24.3 Å². The van der Waals surface area contributed by atoms with Crippen molar-refractivity contribution >= 4 is 24.2 Å². The first kappa shape index (κ1) is 28.4. The average Bonchev–Trinajstić information content (AvgIpc) is 3.46. The lowest BCUT2D eigenvalue weighted by molar-refractivity contribution is 0.0902. The van der Waals surface area contributed by atoms with Crippen molar-refractivity contribution in [1.82, 2.24) is 10.9 Å². The quantitative estimate of drug-likeness (QED) is 0.261. The van der Waals surface area contributed by atoms with Crippen molar-refractivity contribution < 1.29 is 42.4 Å². The fourth-order valence-corrected chi connectivity index (χ4v) is 3.47. The molecule has 0 aliphatic heterocycles. The molecule has 0 bridgehead atoms. The van der Waals surface area contributed by atoms with E-state index >= 15 is 0 Å². The van der Waals surface area contributed by atoms with E-state index in [9.17, 15) is 9.59 Å². The number of rotatable bonds is 12. The number of methoxy groups -OCH3 is 6. The van der Waals surface area contributed by atoms with Gasteiger partial charge in [0, 0.05) is 11.1 Å². The van der Waals surface area contributed by atoms with Crippen molar-refractivity contribution in [3.05, 3.63) is 59.0 Å². The first-order valence-corrected chi connectivity index (χ1v) is 11.3. The van der Waals surface area contributed by atoms with E-state index in [0.717, 1.165) is 0 Å². The fourth-order valence-electron chi connectivity index (χ4n) is 3.47. The van der Waals surface area contributed by atoms with Crippen LogP contribution in [0.5, 0.6) is 34.5 Å². The largest absolute Gasteiger partial charge is 0.493 e. The SMILES string of the molecule is COc1ccc(/C=N/NC(=O)c2ccc(C(=O)N/N=C/c3ccc(OC)c(OC)c3OC)o2)c(OC)c1OC. The van der Waals surface area contributed by atoms with E-state index in [0.29, 0.717) is 45.6 Å². The van der Waals surface area contributed by atoms with Crippen molar-refractivity contribution in [1.29, 1.82) is 0 Å². The van der Waals surface area contributed by atoms with Crippen LogP contribution >= 0.6 is 0 Å². The summed E-state index contributed by atoms with van der Waals surface area (Å²) >= 11 is 0. The van der Waals surface area contributed by atoms with Crippen LogP contribution in [0.25, 0.3) is 0 Å². The Morgan fingerprint density at radius 1 is 0.590 bits per heavy atom. The number of ether oxygens (including phenoxy) is 6. The molecule has 13 heteroatoms. The highest BCUT2D eigenvalue weighted by Crippen LogP contribution is 2.39. The van der Waals surface area contributed by atoms with Crippen LogP contribution in [-0.4, -0.2) is 66.9 Å². The Bertz CT molecular complexity index is 1280. The monoisotopic (exact) mass is 540 g/mol. The van der Waals surface area contributed by atoms with Gasteiger partial charge in [-0.2, -0.15) is 10.2 Å². The van der Waals surface area contributed by atoms with Gasteiger partial charge in [0.2, 0.25) is 11.5 Å². The summed E-state index contributed by atoms with van der Waals surface area (Å²) in [6, 6.07) is 9.37. The molecule has 3 aromatic rings. The summed E-state index contributed by atoms with van der Waals surface area (Å²) in [4.78, 5) is 24.9. The topological polar surface area (TPSA) is 151 Å². The first-order chi connectivity index (χ1) is 18.9. The van der Waals surface area contributed by atoms with Gasteiger partial charge in [-0.15, -0.1) is 0 Å². The second-order valence-corrected chi connectivity index (χ2v) is 7.41. The van der Waals surface area contributed by atoms with E-state index in [4.69, 9.17) is 32.8 Å². The Morgan fingerprint density at radius 3 is 1.31 bits per heavy atom. The predicted molar refractivity (Wildman–Crippen MR) is 141 cm³/mol. The number of furan rings is 1. The Balaban J connectivity index is 1.65. The van der Waals surface area contributed by atoms with Gasteiger partial charge in [0.25, 0.3) is 0 Å². The molecule has 0 radical (unpaired) electrons. The summed E-state index contributed by atoms with van der Waals surface area (Å²) in [5.41, 5.74) is 5.71. The Morgan fingerprint density at radius 2 is 0.974 bits per heavy atom. The maximum atomic E-state index is 12.4. The van der Waals surface area contributed by atoms with E-state index in [1.165, 1.54) is 67.2 Å². The molecule has 0 atom stereocenters. The third kappa shape index (κ3) is 6.39. The molecule has 0 saturated heterocycles. The number of hydrazone groups is 2. The van der Waals surface area contributed by atoms with Gasteiger partial charge in [-0.05, 0) is 36.4 Å². The third-order valence-electron chi connectivity index (χ3n) is 5.26. The zero-order valence-electron chi connectivity index (χ0n) is 22.2. The molecule has 0 fully saturated rings. The molecule has 0 spiro atoms. The highest BCUT2D eigenvalue weighted by molar-refractivity contribution is 5.97. The van der Waals surface area contributed by atoms with Gasteiger partial charge in [-0.3, -0.25) is 9.59 Å². The molecule has 3 rings (SSSR count). The number of nitrogens with zero attached hydrogens (tertiary/aromatic N) is 2. The summed E-state index contributed by atoms with van der Waals surface area (Å²) in [6.45, 7) is 0. The Hall–Kier alpha value is -5.20. The lowest BCUT2D eigenvalue weighted by atomic mass is 10.2. The van der Waals surface area contributed by atoms with Crippen LogP contribution in [0.3, 0.4) is 0 Å². The number of carbonyl (C=O) groups is 2. The molecule has 2 amide bonds. The Labute approximate surface area is 224 Å². The molecule has 2 aromatic carbocycles. The van der Waals surface area contributed by atoms with Gasteiger partial charge in [-0.1, -0.05) is 0 Å². The highest BCUT2D eigenvalue weighted by Gasteiger charge is 2.18. The second kappa shape index (κ2) is 13.4. The molecule has 39 heavy (non-hydrogen) atoms. The van der Waals surface area contributed by atoms with E-state index in [-0.39, 0.29) is 11.5 Å². The number of amides is 2. The van der Waals surface area contributed by atoms with Crippen LogP contribution in [0, 0.1) is 0 Å². The predicted octanol–water partition coefficient (Wildman–Crippen LogP) is 2.86. The maximum Gasteiger partial charge on any atom is 0.307 e. The molecular weight excluding hydrogens is 512 g/mol. The van der Waals surface area contributed by atoms with Gasteiger partial charge in [0.15, 0.2) is 34.5 Å². The lowest BCUT2D eigenvalue weighted by Crippen LogP contribution is -2.18. The average molecular weight is 541 g/mol. The normalized spacial score (nSPS) is 10.8. The summed E-state index contributed by atoms with van der Waals surface area (Å²) in [7, 11) is 8.91. The lowest BCUT2D eigenvalue weighted by Gasteiger charge is -2.13. The Kier molecular flexibility index (Phi) is 9.73. The molecule has 0 aliphatic rings. The maximum absolute atomic E-state index is 12.4.